The molecule has 23 heavy (non-hydrogen) atoms. The van der Waals surface area contributed by atoms with Gasteiger partial charge in [-0.05, 0) is 32.6 Å². The number of rotatable bonds is 15. The SMILES string of the molecule is CCCCC(C)OC(=O)CCCCCCCCC(=O)OCCC. The van der Waals surface area contributed by atoms with Gasteiger partial charge in [-0.3, -0.25) is 9.59 Å². The van der Waals surface area contributed by atoms with Crippen LogP contribution in [0.2, 0.25) is 0 Å². The Hall–Kier alpha value is -1.06. The number of carbonyl (C=O) groups excluding carboxylic acids is 2. The molecule has 0 amide bonds. The number of ether oxygens (including phenoxy) is 2. The highest BCUT2D eigenvalue weighted by Crippen LogP contribution is 2.11. The Morgan fingerprint density at radius 1 is 0.783 bits per heavy atom. The van der Waals surface area contributed by atoms with Gasteiger partial charge in [-0.2, -0.15) is 0 Å². The van der Waals surface area contributed by atoms with Crippen LogP contribution in [0.1, 0.15) is 97.8 Å². The topological polar surface area (TPSA) is 52.6 Å². The second kappa shape index (κ2) is 15.8. The van der Waals surface area contributed by atoms with E-state index in [-0.39, 0.29) is 18.0 Å². The summed E-state index contributed by atoms with van der Waals surface area (Å²) in [5.41, 5.74) is 0. The van der Waals surface area contributed by atoms with Gasteiger partial charge in [0.2, 0.25) is 0 Å². The normalized spacial score (nSPS) is 12.0. The first-order valence-electron chi connectivity index (χ1n) is 9.45. The van der Waals surface area contributed by atoms with Crippen molar-refractivity contribution in [2.24, 2.45) is 0 Å². The third kappa shape index (κ3) is 15.6. The van der Waals surface area contributed by atoms with Gasteiger partial charge in [0.05, 0.1) is 12.7 Å². The first kappa shape index (κ1) is 21.9. The molecule has 4 nitrogen and oxygen atoms in total. The van der Waals surface area contributed by atoms with Gasteiger partial charge >= 0.3 is 11.9 Å². The highest BCUT2D eigenvalue weighted by Gasteiger charge is 2.08. The largest absolute Gasteiger partial charge is 0.466 e. The molecule has 0 aliphatic heterocycles. The molecule has 0 aliphatic carbocycles. The van der Waals surface area contributed by atoms with Crippen molar-refractivity contribution < 1.29 is 19.1 Å². The molecule has 4 heteroatoms. The van der Waals surface area contributed by atoms with Crippen molar-refractivity contribution in [3.05, 3.63) is 0 Å². The minimum Gasteiger partial charge on any atom is -0.466 e. The van der Waals surface area contributed by atoms with Crippen LogP contribution in [0, 0.1) is 0 Å². The molecule has 136 valence electrons. The number of esters is 2. The van der Waals surface area contributed by atoms with E-state index in [1.807, 2.05) is 13.8 Å². The maximum Gasteiger partial charge on any atom is 0.306 e. The smallest absolute Gasteiger partial charge is 0.306 e. The molecule has 1 unspecified atom stereocenters. The van der Waals surface area contributed by atoms with Crippen LogP contribution in [0.4, 0.5) is 0 Å². The third-order valence-electron chi connectivity index (χ3n) is 3.78. The average molecular weight is 328 g/mol. The van der Waals surface area contributed by atoms with Crippen LogP contribution in [0.25, 0.3) is 0 Å². The first-order valence-corrected chi connectivity index (χ1v) is 9.45. The zero-order chi connectivity index (χ0) is 17.3. The highest BCUT2D eigenvalue weighted by atomic mass is 16.5. The Bertz CT molecular complexity index is 302. The molecule has 0 aromatic carbocycles. The van der Waals surface area contributed by atoms with Crippen LogP contribution in [0.3, 0.4) is 0 Å². The van der Waals surface area contributed by atoms with E-state index in [2.05, 4.69) is 6.92 Å². The number of carbonyl (C=O) groups is 2. The number of unbranched alkanes of at least 4 members (excludes halogenated alkanes) is 6. The van der Waals surface area contributed by atoms with E-state index in [9.17, 15) is 9.59 Å². The van der Waals surface area contributed by atoms with Gasteiger partial charge in [0.15, 0.2) is 0 Å². The lowest BCUT2D eigenvalue weighted by atomic mass is 10.1. The summed E-state index contributed by atoms with van der Waals surface area (Å²) in [5, 5.41) is 0. The monoisotopic (exact) mass is 328 g/mol. The van der Waals surface area contributed by atoms with Crippen molar-refractivity contribution >= 4 is 11.9 Å². The van der Waals surface area contributed by atoms with Gasteiger partial charge in [0.1, 0.15) is 0 Å². The fraction of sp³-hybridized carbons (Fsp3) is 0.895. The van der Waals surface area contributed by atoms with E-state index in [4.69, 9.17) is 9.47 Å². The Morgan fingerprint density at radius 2 is 1.35 bits per heavy atom. The highest BCUT2D eigenvalue weighted by molar-refractivity contribution is 5.69. The summed E-state index contributed by atoms with van der Waals surface area (Å²) in [6, 6.07) is 0. The molecule has 0 saturated heterocycles. The Morgan fingerprint density at radius 3 is 1.91 bits per heavy atom. The molecule has 0 aliphatic rings. The molecule has 0 aromatic heterocycles. The lowest BCUT2D eigenvalue weighted by molar-refractivity contribution is -0.148. The van der Waals surface area contributed by atoms with Crippen molar-refractivity contribution in [1.29, 1.82) is 0 Å². The van der Waals surface area contributed by atoms with Crippen LogP contribution in [-0.4, -0.2) is 24.6 Å². The number of hydrogen-bond acceptors (Lipinski definition) is 4. The summed E-state index contributed by atoms with van der Waals surface area (Å²) >= 11 is 0. The molecule has 0 saturated carbocycles. The molecule has 0 aromatic rings. The summed E-state index contributed by atoms with van der Waals surface area (Å²) in [6.45, 7) is 6.64. The predicted molar refractivity (Wildman–Crippen MR) is 93.3 cm³/mol. The maximum atomic E-state index is 11.6. The van der Waals surface area contributed by atoms with Gasteiger partial charge in [-0.25, -0.2) is 0 Å². The van der Waals surface area contributed by atoms with Crippen LogP contribution in [-0.2, 0) is 19.1 Å². The first-order chi connectivity index (χ1) is 11.1. The standard InChI is InChI=1S/C19H36O4/c1-4-6-13-17(3)23-19(21)15-12-10-8-7-9-11-14-18(20)22-16-5-2/h17H,4-16H2,1-3H3. The fourth-order valence-corrected chi connectivity index (χ4v) is 2.37. The molecular formula is C19H36O4. The minimum atomic E-state index is -0.0770. The minimum absolute atomic E-state index is 0.0508. The lowest BCUT2D eigenvalue weighted by Gasteiger charge is -2.12. The van der Waals surface area contributed by atoms with Crippen molar-refractivity contribution in [3.63, 3.8) is 0 Å². The molecule has 1 atom stereocenters. The molecule has 0 fully saturated rings. The van der Waals surface area contributed by atoms with Gasteiger partial charge < -0.3 is 9.47 Å². The molecule has 0 radical (unpaired) electrons. The van der Waals surface area contributed by atoms with Gasteiger partial charge in [-0.1, -0.05) is 52.4 Å². The summed E-state index contributed by atoms with van der Waals surface area (Å²) in [6.07, 6.45) is 11.3. The molecule has 0 N–H and O–H groups in total. The second-order valence-electron chi connectivity index (χ2n) is 6.28. The Balaban J connectivity index is 3.35. The van der Waals surface area contributed by atoms with Crippen LogP contribution in [0.5, 0.6) is 0 Å². The predicted octanol–water partition coefficient (Wildman–Crippen LogP) is 5.18. The van der Waals surface area contributed by atoms with Gasteiger partial charge in [0.25, 0.3) is 0 Å². The summed E-state index contributed by atoms with van der Waals surface area (Å²) in [7, 11) is 0. The van der Waals surface area contributed by atoms with Crippen LogP contribution in [0.15, 0.2) is 0 Å². The zero-order valence-corrected chi connectivity index (χ0v) is 15.4. The van der Waals surface area contributed by atoms with Crippen molar-refractivity contribution in [2.75, 3.05) is 6.61 Å². The second-order valence-corrected chi connectivity index (χ2v) is 6.28. The zero-order valence-electron chi connectivity index (χ0n) is 15.4. The van der Waals surface area contributed by atoms with E-state index in [0.29, 0.717) is 19.4 Å². The molecule has 0 rings (SSSR count). The quantitative estimate of drug-likeness (QED) is 0.307. The van der Waals surface area contributed by atoms with E-state index in [1.165, 1.54) is 0 Å². The Labute approximate surface area is 142 Å². The maximum absolute atomic E-state index is 11.6. The molecule has 0 bridgehead atoms. The lowest BCUT2D eigenvalue weighted by Crippen LogP contribution is -2.14. The summed E-state index contributed by atoms with van der Waals surface area (Å²) in [5.74, 6) is -0.140. The third-order valence-corrected chi connectivity index (χ3v) is 3.78. The van der Waals surface area contributed by atoms with Crippen LogP contribution < -0.4 is 0 Å². The Kier molecular flexibility index (Phi) is 15.1. The van der Waals surface area contributed by atoms with Crippen molar-refractivity contribution in [2.45, 2.75) is 104 Å². The fourth-order valence-electron chi connectivity index (χ4n) is 2.37. The summed E-state index contributed by atoms with van der Waals surface area (Å²) < 4.78 is 10.4. The van der Waals surface area contributed by atoms with Crippen molar-refractivity contribution in [1.82, 2.24) is 0 Å². The van der Waals surface area contributed by atoms with E-state index >= 15 is 0 Å². The van der Waals surface area contributed by atoms with Crippen molar-refractivity contribution in [3.8, 4) is 0 Å². The number of hydrogen-bond donors (Lipinski definition) is 0. The van der Waals surface area contributed by atoms with E-state index in [0.717, 1.165) is 64.2 Å². The van der Waals surface area contributed by atoms with E-state index in [1.54, 1.807) is 0 Å². The average Bonchev–Trinajstić information content (AvgIpc) is 2.53. The van der Waals surface area contributed by atoms with Gasteiger partial charge in [-0.15, -0.1) is 0 Å². The summed E-state index contributed by atoms with van der Waals surface area (Å²) in [4.78, 5) is 22.9. The molecule has 0 spiro atoms. The van der Waals surface area contributed by atoms with Crippen LogP contribution >= 0.6 is 0 Å². The van der Waals surface area contributed by atoms with Gasteiger partial charge in [0, 0.05) is 12.8 Å². The molecule has 0 heterocycles. The van der Waals surface area contributed by atoms with E-state index < -0.39 is 0 Å². The molecular weight excluding hydrogens is 292 g/mol.